The summed E-state index contributed by atoms with van der Waals surface area (Å²) in [6, 6.07) is 7.49. The molecule has 0 aliphatic rings. The van der Waals surface area contributed by atoms with Crippen molar-refractivity contribution in [2.45, 2.75) is 19.9 Å². The summed E-state index contributed by atoms with van der Waals surface area (Å²) in [6.45, 7) is 4.03. The highest BCUT2D eigenvalue weighted by atomic mass is 16.3. The van der Waals surface area contributed by atoms with Crippen molar-refractivity contribution < 1.29 is 5.11 Å². The molecular formula is C14H19N3O2. The zero-order chi connectivity index (χ0) is 13.7. The van der Waals surface area contributed by atoms with Gasteiger partial charge in [-0.3, -0.25) is 9.69 Å². The van der Waals surface area contributed by atoms with Crippen LogP contribution in [-0.2, 0) is 6.54 Å². The van der Waals surface area contributed by atoms with Crippen LogP contribution in [0.25, 0.3) is 11.0 Å². The van der Waals surface area contributed by atoms with Crippen LogP contribution in [-0.4, -0.2) is 39.7 Å². The fraction of sp³-hybridized carbons (Fsp3) is 0.429. The van der Waals surface area contributed by atoms with E-state index in [1.54, 1.807) is 0 Å². The van der Waals surface area contributed by atoms with Gasteiger partial charge in [-0.05, 0) is 25.1 Å². The molecule has 0 unspecified atom stereocenters. The lowest BCUT2D eigenvalue weighted by Crippen LogP contribution is -2.31. The van der Waals surface area contributed by atoms with E-state index in [-0.39, 0.29) is 12.2 Å². The summed E-state index contributed by atoms with van der Waals surface area (Å²) >= 11 is 0. The van der Waals surface area contributed by atoms with Gasteiger partial charge >= 0.3 is 0 Å². The van der Waals surface area contributed by atoms with Gasteiger partial charge in [-0.15, -0.1) is 0 Å². The van der Waals surface area contributed by atoms with Crippen LogP contribution in [0.3, 0.4) is 0 Å². The molecule has 5 heteroatoms. The minimum atomic E-state index is -0.155. The van der Waals surface area contributed by atoms with Crippen LogP contribution in [0.2, 0.25) is 0 Å². The number of fused-ring (bicyclic) bond motifs is 1. The highest BCUT2D eigenvalue weighted by Gasteiger charge is 2.10. The number of H-pyrrole nitrogens is 1. The summed E-state index contributed by atoms with van der Waals surface area (Å²) in [6.07, 6.45) is 0.978. The van der Waals surface area contributed by atoms with Crippen LogP contribution in [0.1, 0.15) is 19.0 Å². The molecule has 0 spiro atoms. The molecule has 102 valence electrons. The molecule has 0 bridgehead atoms. The van der Waals surface area contributed by atoms with Gasteiger partial charge in [-0.1, -0.05) is 19.1 Å². The molecule has 0 aliphatic heterocycles. The molecule has 0 atom stereocenters. The first-order chi connectivity index (χ1) is 9.24. The summed E-state index contributed by atoms with van der Waals surface area (Å²) < 4.78 is 0. The minimum absolute atomic E-state index is 0.0888. The van der Waals surface area contributed by atoms with E-state index >= 15 is 0 Å². The second-order valence-electron chi connectivity index (χ2n) is 4.53. The number of rotatable bonds is 6. The summed E-state index contributed by atoms with van der Waals surface area (Å²) in [7, 11) is 0. The van der Waals surface area contributed by atoms with E-state index in [2.05, 4.69) is 16.9 Å². The summed E-state index contributed by atoms with van der Waals surface area (Å²) in [5, 5.41) is 9.03. The number of nitrogens with zero attached hydrogens (tertiary/aromatic N) is 2. The molecule has 0 saturated carbocycles. The Hall–Kier alpha value is -1.72. The van der Waals surface area contributed by atoms with Crippen LogP contribution in [0, 0.1) is 0 Å². The Labute approximate surface area is 111 Å². The molecule has 2 rings (SSSR count). The molecule has 0 radical (unpaired) electrons. The van der Waals surface area contributed by atoms with E-state index in [1.165, 1.54) is 0 Å². The standard InChI is InChI=1S/C14H19N3O2/c1-2-7-17(8-9-18)10-13-14(19)16-12-6-4-3-5-11(12)15-13/h3-6,18H,2,7-10H2,1H3,(H,16,19). The molecule has 1 heterocycles. The first kappa shape index (κ1) is 13.7. The fourth-order valence-corrected chi connectivity index (χ4v) is 2.11. The van der Waals surface area contributed by atoms with Crippen LogP contribution in [0.15, 0.2) is 29.1 Å². The number of hydrogen-bond acceptors (Lipinski definition) is 4. The van der Waals surface area contributed by atoms with Gasteiger partial charge < -0.3 is 10.1 Å². The van der Waals surface area contributed by atoms with Gasteiger partial charge in [0.15, 0.2) is 0 Å². The Morgan fingerprint density at radius 2 is 2.11 bits per heavy atom. The molecular weight excluding hydrogens is 242 g/mol. The molecule has 5 nitrogen and oxygen atoms in total. The van der Waals surface area contributed by atoms with Crippen LogP contribution in [0.4, 0.5) is 0 Å². The zero-order valence-electron chi connectivity index (χ0n) is 11.1. The lowest BCUT2D eigenvalue weighted by molar-refractivity contribution is 0.188. The predicted molar refractivity (Wildman–Crippen MR) is 75.0 cm³/mol. The van der Waals surface area contributed by atoms with Crippen molar-refractivity contribution >= 4 is 11.0 Å². The van der Waals surface area contributed by atoms with Gasteiger partial charge in [0.25, 0.3) is 5.56 Å². The third-order valence-electron chi connectivity index (χ3n) is 3.00. The number of para-hydroxylation sites is 2. The number of aliphatic hydroxyl groups excluding tert-OH is 1. The number of benzene rings is 1. The third kappa shape index (κ3) is 3.39. The molecule has 2 aromatic rings. The summed E-state index contributed by atoms with van der Waals surface area (Å²) in [4.78, 5) is 21.3. The summed E-state index contributed by atoms with van der Waals surface area (Å²) in [5.74, 6) is 0. The van der Waals surface area contributed by atoms with Gasteiger partial charge in [0, 0.05) is 13.1 Å². The first-order valence-electron chi connectivity index (χ1n) is 6.55. The highest BCUT2D eigenvalue weighted by molar-refractivity contribution is 5.73. The lowest BCUT2D eigenvalue weighted by atomic mass is 10.3. The highest BCUT2D eigenvalue weighted by Crippen LogP contribution is 2.07. The van der Waals surface area contributed by atoms with Gasteiger partial charge in [0.05, 0.1) is 17.6 Å². The monoisotopic (exact) mass is 261 g/mol. The number of aromatic amines is 1. The van der Waals surface area contributed by atoms with Crippen LogP contribution < -0.4 is 5.56 Å². The number of aromatic nitrogens is 2. The molecule has 1 aromatic heterocycles. The van der Waals surface area contributed by atoms with Crippen molar-refractivity contribution in [2.24, 2.45) is 0 Å². The van der Waals surface area contributed by atoms with Crippen molar-refractivity contribution in [3.8, 4) is 0 Å². The Morgan fingerprint density at radius 3 is 2.84 bits per heavy atom. The van der Waals surface area contributed by atoms with Crippen molar-refractivity contribution in [1.29, 1.82) is 0 Å². The Morgan fingerprint density at radius 1 is 1.32 bits per heavy atom. The minimum Gasteiger partial charge on any atom is -0.395 e. The van der Waals surface area contributed by atoms with Crippen molar-refractivity contribution in [3.63, 3.8) is 0 Å². The molecule has 2 N–H and O–H groups in total. The average molecular weight is 261 g/mol. The largest absolute Gasteiger partial charge is 0.395 e. The van der Waals surface area contributed by atoms with Crippen LogP contribution in [0.5, 0.6) is 0 Å². The summed E-state index contributed by atoms with van der Waals surface area (Å²) in [5.41, 5.74) is 1.89. The van der Waals surface area contributed by atoms with Gasteiger partial charge in [-0.2, -0.15) is 0 Å². The van der Waals surface area contributed by atoms with Crippen LogP contribution >= 0.6 is 0 Å². The second kappa shape index (κ2) is 6.45. The van der Waals surface area contributed by atoms with Crippen molar-refractivity contribution in [2.75, 3.05) is 19.7 Å². The van der Waals surface area contributed by atoms with E-state index in [1.807, 2.05) is 29.2 Å². The normalized spacial score (nSPS) is 11.3. The van der Waals surface area contributed by atoms with E-state index in [0.29, 0.717) is 18.8 Å². The molecule has 0 fully saturated rings. The average Bonchev–Trinajstić information content (AvgIpc) is 2.40. The maximum absolute atomic E-state index is 12.0. The SMILES string of the molecule is CCCN(CCO)Cc1nc2ccccc2[nH]c1=O. The van der Waals surface area contributed by atoms with Gasteiger partial charge in [0.1, 0.15) is 5.69 Å². The Balaban J connectivity index is 2.28. The van der Waals surface area contributed by atoms with Crippen molar-refractivity contribution in [3.05, 3.63) is 40.3 Å². The Kier molecular flexibility index (Phi) is 4.65. The number of nitrogens with one attached hydrogen (secondary N) is 1. The first-order valence-corrected chi connectivity index (χ1v) is 6.55. The molecule has 1 aromatic carbocycles. The smallest absolute Gasteiger partial charge is 0.271 e. The molecule has 0 amide bonds. The van der Waals surface area contributed by atoms with E-state index in [9.17, 15) is 4.79 Å². The fourth-order valence-electron chi connectivity index (χ4n) is 2.11. The van der Waals surface area contributed by atoms with Gasteiger partial charge in [-0.25, -0.2) is 4.98 Å². The van der Waals surface area contributed by atoms with E-state index in [0.717, 1.165) is 24.0 Å². The van der Waals surface area contributed by atoms with Gasteiger partial charge in [0.2, 0.25) is 0 Å². The topological polar surface area (TPSA) is 69.2 Å². The number of aliphatic hydroxyl groups is 1. The second-order valence-corrected chi connectivity index (χ2v) is 4.53. The quantitative estimate of drug-likeness (QED) is 0.818. The molecule has 0 aliphatic carbocycles. The lowest BCUT2D eigenvalue weighted by Gasteiger charge is -2.19. The predicted octanol–water partition coefficient (Wildman–Crippen LogP) is 1.13. The molecule has 19 heavy (non-hydrogen) atoms. The van der Waals surface area contributed by atoms with E-state index in [4.69, 9.17) is 5.11 Å². The van der Waals surface area contributed by atoms with E-state index < -0.39 is 0 Å². The maximum atomic E-state index is 12.0. The maximum Gasteiger partial charge on any atom is 0.271 e. The zero-order valence-corrected chi connectivity index (χ0v) is 11.1. The Bertz CT molecular complexity index is 589. The molecule has 0 saturated heterocycles. The van der Waals surface area contributed by atoms with Crippen molar-refractivity contribution in [1.82, 2.24) is 14.9 Å². The third-order valence-corrected chi connectivity index (χ3v) is 3.00. The number of hydrogen-bond donors (Lipinski definition) is 2.